The SMILES string of the molecule is COc1cc(/C=C2\C(=O)NC(=O)N(c3ccccc3C)C2=O)ccc1OCc1ccc2ccccc2c1. The molecule has 0 spiro atoms. The van der Waals surface area contributed by atoms with Gasteiger partial charge < -0.3 is 9.47 Å². The number of hydrogen-bond donors (Lipinski definition) is 1. The summed E-state index contributed by atoms with van der Waals surface area (Å²) in [4.78, 5) is 39.2. The highest BCUT2D eigenvalue weighted by atomic mass is 16.5. The van der Waals surface area contributed by atoms with Crippen LogP contribution in [0.25, 0.3) is 16.8 Å². The zero-order valence-electron chi connectivity index (χ0n) is 20.4. The number of ether oxygens (including phenoxy) is 2. The number of imide groups is 2. The predicted octanol–water partition coefficient (Wildman–Crippen LogP) is 5.40. The number of nitrogens with zero attached hydrogens (tertiary/aromatic N) is 1. The van der Waals surface area contributed by atoms with E-state index in [2.05, 4.69) is 29.6 Å². The molecule has 5 rings (SSSR count). The maximum absolute atomic E-state index is 13.2. The zero-order chi connectivity index (χ0) is 25.9. The molecule has 0 bridgehead atoms. The molecule has 7 heteroatoms. The van der Waals surface area contributed by atoms with E-state index in [1.54, 1.807) is 43.3 Å². The zero-order valence-corrected chi connectivity index (χ0v) is 20.4. The Morgan fingerprint density at radius 3 is 2.38 bits per heavy atom. The van der Waals surface area contributed by atoms with Gasteiger partial charge in [-0.05, 0) is 64.7 Å². The maximum atomic E-state index is 13.2. The van der Waals surface area contributed by atoms with Crippen molar-refractivity contribution in [3.8, 4) is 11.5 Å². The van der Waals surface area contributed by atoms with Gasteiger partial charge in [0.2, 0.25) is 0 Å². The van der Waals surface area contributed by atoms with Crippen LogP contribution >= 0.6 is 0 Å². The van der Waals surface area contributed by atoms with Crippen LogP contribution in [0, 0.1) is 6.92 Å². The van der Waals surface area contributed by atoms with E-state index in [9.17, 15) is 14.4 Å². The molecule has 184 valence electrons. The van der Waals surface area contributed by atoms with Crippen molar-refractivity contribution in [3.05, 3.63) is 107 Å². The Morgan fingerprint density at radius 1 is 0.838 bits per heavy atom. The molecule has 0 unspecified atom stereocenters. The number of carbonyl (C=O) groups excluding carboxylic acids is 3. The van der Waals surface area contributed by atoms with E-state index in [0.29, 0.717) is 29.4 Å². The Balaban J connectivity index is 1.39. The molecule has 1 saturated heterocycles. The number of methoxy groups -OCH3 is 1. The Labute approximate surface area is 213 Å². The Morgan fingerprint density at radius 2 is 1.59 bits per heavy atom. The van der Waals surface area contributed by atoms with Crippen molar-refractivity contribution in [2.45, 2.75) is 13.5 Å². The van der Waals surface area contributed by atoms with Crippen LogP contribution in [0.5, 0.6) is 11.5 Å². The third-order valence-electron chi connectivity index (χ3n) is 6.16. The molecule has 7 nitrogen and oxygen atoms in total. The topological polar surface area (TPSA) is 84.9 Å². The van der Waals surface area contributed by atoms with Crippen molar-refractivity contribution >= 4 is 40.4 Å². The molecule has 1 N–H and O–H groups in total. The second-order valence-corrected chi connectivity index (χ2v) is 8.62. The number of rotatable bonds is 6. The summed E-state index contributed by atoms with van der Waals surface area (Å²) >= 11 is 0. The van der Waals surface area contributed by atoms with Crippen molar-refractivity contribution < 1.29 is 23.9 Å². The summed E-state index contributed by atoms with van der Waals surface area (Å²) in [5, 5.41) is 4.54. The van der Waals surface area contributed by atoms with Crippen LogP contribution in [0.15, 0.2) is 90.5 Å². The number of anilines is 1. The highest BCUT2D eigenvalue weighted by molar-refractivity contribution is 6.39. The molecule has 0 saturated carbocycles. The highest BCUT2D eigenvalue weighted by Crippen LogP contribution is 2.31. The number of carbonyl (C=O) groups is 3. The van der Waals surface area contributed by atoms with Crippen LogP contribution in [0.3, 0.4) is 0 Å². The van der Waals surface area contributed by atoms with Crippen LogP contribution in [0.4, 0.5) is 10.5 Å². The molecule has 0 atom stereocenters. The van der Waals surface area contributed by atoms with E-state index in [1.807, 2.05) is 24.3 Å². The molecule has 1 heterocycles. The van der Waals surface area contributed by atoms with Crippen LogP contribution in [-0.2, 0) is 16.2 Å². The van der Waals surface area contributed by atoms with Gasteiger partial charge in [0.1, 0.15) is 12.2 Å². The van der Waals surface area contributed by atoms with Crippen LogP contribution in [-0.4, -0.2) is 25.0 Å². The van der Waals surface area contributed by atoms with Crippen LogP contribution < -0.4 is 19.7 Å². The molecule has 1 aliphatic heterocycles. The Bertz CT molecular complexity index is 1570. The van der Waals surface area contributed by atoms with E-state index in [0.717, 1.165) is 26.8 Å². The van der Waals surface area contributed by atoms with Gasteiger partial charge in [0.15, 0.2) is 11.5 Å². The summed E-state index contributed by atoms with van der Waals surface area (Å²) in [6.07, 6.45) is 1.44. The molecule has 1 aliphatic rings. The number of nitrogens with one attached hydrogen (secondary N) is 1. The number of benzene rings is 4. The normalized spacial score (nSPS) is 14.7. The lowest BCUT2D eigenvalue weighted by atomic mass is 10.1. The standard InChI is InChI=1S/C30H24N2O5/c1-19-7-3-6-10-25(19)32-29(34)24(28(33)31-30(32)35)16-20-12-14-26(27(17-20)36-2)37-18-21-11-13-22-8-4-5-9-23(22)15-21/h3-17H,18H2,1-2H3,(H,31,33,35)/b24-16+. The highest BCUT2D eigenvalue weighted by Gasteiger charge is 2.37. The van der Waals surface area contributed by atoms with Crippen molar-refractivity contribution in [3.63, 3.8) is 0 Å². The van der Waals surface area contributed by atoms with E-state index >= 15 is 0 Å². The van der Waals surface area contributed by atoms with Crippen molar-refractivity contribution in [2.75, 3.05) is 12.0 Å². The summed E-state index contributed by atoms with van der Waals surface area (Å²) < 4.78 is 11.5. The van der Waals surface area contributed by atoms with Gasteiger partial charge in [-0.25, -0.2) is 9.69 Å². The van der Waals surface area contributed by atoms with Crippen LogP contribution in [0.2, 0.25) is 0 Å². The molecule has 4 amide bonds. The number of barbiturate groups is 1. The van der Waals surface area contributed by atoms with Gasteiger partial charge in [-0.1, -0.05) is 60.7 Å². The fourth-order valence-corrected chi connectivity index (χ4v) is 4.24. The third kappa shape index (κ3) is 4.79. The number of hydrogen-bond acceptors (Lipinski definition) is 5. The minimum absolute atomic E-state index is 0.158. The average Bonchev–Trinajstić information content (AvgIpc) is 2.91. The summed E-state index contributed by atoms with van der Waals surface area (Å²) in [7, 11) is 1.52. The number of urea groups is 1. The first-order chi connectivity index (χ1) is 17.9. The quantitative estimate of drug-likeness (QED) is 0.288. The average molecular weight is 493 g/mol. The number of para-hydroxylation sites is 1. The molecular formula is C30H24N2O5. The fraction of sp³-hybridized carbons (Fsp3) is 0.100. The van der Waals surface area contributed by atoms with Gasteiger partial charge in [-0.2, -0.15) is 0 Å². The molecule has 4 aromatic carbocycles. The molecule has 37 heavy (non-hydrogen) atoms. The number of aryl methyl sites for hydroxylation is 1. The van der Waals surface area contributed by atoms with Gasteiger partial charge >= 0.3 is 6.03 Å². The fourth-order valence-electron chi connectivity index (χ4n) is 4.24. The second kappa shape index (κ2) is 9.99. The number of fused-ring (bicyclic) bond motifs is 1. The van der Waals surface area contributed by atoms with Gasteiger partial charge in [0.25, 0.3) is 11.8 Å². The van der Waals surface area contributed by atoms with E-state index < -0.39 is 17.8 Å². The minimum Gasteiger partial charge on any atom is -0.493 e. The largest absolute Gasteiger partial charge is 0.493 e. The first kappa shape index (κ1) is 23.8. The molecule has 4 aromatic rings. The van der Waals surface area contributed by atoms with Crippen LogP contribution in [0.1, 0.15) is 16.7 Å². The minimum atomic E-state index is -0.781. The lowest BCUT2D eigenvalue weighted by Crippen LogP contribution is -2.54. The van der Waals surface area contributed by atoms with Gasteiger partial charge in [-0.3, -0.25) is 14.9 Å². The van der Waals surface area contributed by atoms with E-state index in [4.69, 9.17) is 9.47 Å². The molecular weight excluding hydrogens is 468 g/mol. The lowest BCUT2D eigenvalue weighted by Gasteiger charge is -2.27. The molecule has 1 fully saturated rings. The summed E-state index contributed by atoms with van der Waals surface area (Å²) in [5.74, 6) is -0.478. The third-order valence-corrected chi connectivity index (χ3v) is 6.16. The monoisotopic (exact) mass is 492 g/mol. The van der Waals surface area contributed by atoms with Crippen molar-refractivity contribution in [1.29, 1.82) is 0 Å². The smallest absolute Gasteiger partial charge is 0.335 e. The van der Waals surface area contributed by atoms with Crippen molar-refractivity contribution in [2.24, 2.45) is 0 Å². The summed E-state index contributed by atoms with van der Waals surface area (Å²) in [6.45, 7) is 2.13. The summed E-state index contributed by atoms with van der Waals surface area (Å²) in [5.41, 5.74) is 2.55. The van der Waals surface area contributed by atoms with E-state index in [-0.39, 0.29) is 5.57 Å². The Hall–Kier alpha value is -4.91. The van der Waals surface area contributed by atoms with E-state index in [1.165, 1.54) is 13.2 Å². The van der Waals surface area contributed by atoms with Crippen molar-refractivity contribution in [1.82, 2.24) is 5.32 Å². The Kier molecular flexibility index (Phi) is 6.43. The number of amides is 4. The molecule has 0 aromatic heterocycles. The lowest BCUT2D eigenvalue weighted by molar-refractivity contribution is -0.122. The maximum Gasteiger partial charge on any atom is 0.335 e. The van der Waals surface area contributed by atoms with Gasteiger partial charge in [0.05, 0.1) is 12.8 Å². The van der Waals surface area contributed by atoms with Gasteiger partial charge in [0, 0.05) is 0 Å². The molecule has 0 aliphatic carbocycles. The summed E-state index contributed by atoms with van der Waals surface area (Å²) in [6, 6.07) is 25.6. The first-order valence-corrected chi connectivity index (χ1v) is 11.7. The predicted molar refractivity (Wildman–Crippen MR) is 141 cm³/mol. The second-order valence-electron chi connectivity index (χ2n) is 8.62. The molecule has 0 radical (unpaired) electrons. The van der Waals surface area contributed by atoms with Gasteiger partial charge in [-0.15, -0.1) is 0 Å². The first-order valence-electron chi connectivity index (χ1n) is 11.7.